The third-order valence-corrected chi connectivity index (χ3v) is 5.37. The largest absolute Gasteiger partial charge is 0.378 e. The number of hydrogen-bond donors (Lipinski definition) is 1. The van der Waals surface area contributed by atoms with Crippen molar-refractivity contribution in [1.29, 1.82) is 0 Å². The molecular weight excluding hydrogens is 386 g/mol. The van der Waals surface area contributed by atoms with E-state index in [0.717, 1.165) is 28.9 Å². The van der Waals surface area contributed by atoms with Crippen LogP contribution in [0.2, 0.25) is 0 Å². The van der Waals surface area contributed by atoms with Gasteiger partial charge in [-0.3, -0.25) is 9.59 Å². The van der Waals surface area contributed by atoms with Crippen molar-refractivity contribution in [2.45, 2.75) is 6.42 Å². The van der Waals surface area contributed by atoms with Crippen molar-refractivity contribution < 1.29 is 9.59 Å². The first-order valence-corrected chi connectivity index (χ1v) is 10.3. The van der Waals surface area contributed by atoms with E-state index in [1.165, 1.54) is 0 Å². The summed E-state index contributed by atoms with van der Waals surface area (Å²) in [6, 6.07) is 24.7. The predicted molar refractivity (Wildman–Crippen MR) is 125 cm³/mol. The fraction of sp³-hybridized carbons (Fsp3) is 0.154. The van der Waals surface area contributed by atoms with Crippen molar-refractivity contribution >= 4 is 29.3 Å². The van der Waals surface area contributed by atoms with Gasteiger partial charge in [0, 0.05) is 37.6 Å². The van der Waals surface area contributed by atoms with Crippen LogP contribution in [0.25, 0.3) is 6.08 Å². The van der Waals surface area contributed by atoms with Gasteiger partial charge in [-0.05, 0) is 54.0 Å². The van der Waals surface area contributed by atoms with Crippen LogP contribution in [-0.2, 0) is 11.2 Å². The lowest BCUT2D eigenvalue weighted by molar-refractivity contribution is -0.115. The molecule has 0 saturated carbocycles. The molecule has 5 nitrogen and oxygen atoms in total. The first-order chi connectivity index (χ1) is 15.0. The molecule has 0 unspecified atom stereocenters. The number of para-hydroxylation sites is 1. The Morgan fingerprint density at radius 2 is 1.58 bits per heavy atom. The number of fused-ring (bicyclic) bond motifs is 1. The summed E-state index contributed by atoms with van der Waals surface area (Å²) in [6.45, 7) is 0.594. The van der Waals surface area contributed by atoms with Gasteiger partial charge in [0.2, 0.25) is 0 Å². The van der Waals surface area contributed by atoms with Crippen molar-refractivity contribution in [3.63, 3.8) is 0 Å². The van der Waals surface area contributed by atoms with Crippen LogP contribution in [0.3, 0.4) is 0 Å². The van der Waals surface area contributed by atoms with Gasteiger partial charge in [-0.1, -0.05) is 48.5 Å². The van der Waals surface area contributed by atoms with E-state index in [9.17, 15) is 9.59 Å². The number of anilines is 2. The lowest BCUT2D eigenvalue weighted by Crippen LogP contribution is -2.37. The molecule has 1 heterocycles. The van der Waals surface area contributed by atoms with E-state index in [2.05, 4.69) is 5.32 Å². The highest BCUT2D eigenvalue weighted by Crippen LogP contribution is 2.29. The molecule has 4 rings (SSSR count). The minimum absolute atomic E-state index is 0.217. The molecule has 3 aromatic carbocycles. The third-order valence-electron chi connectivity index (χ3n) is 5.37. The van der Waals surface area contributed by atoms with Gasteiger partial charge in [-0.15, -0.1) is 0 Å². The van der Waals surface area contributed by atoms with Gasteiger partial charge in [0.25, 0.3) is 11.8 Å². The number of nitrogens with zero attached hydrogens (tertiary/aromatic N) is 2. The molecule has 156 valence electrons. The minimum Gasteiger partial charge on any atom is -0.378 e. The SMILES string of the molecule is CN(C)c1ccc(C=C(NC(=O)c2ccccc2)C(=O)N2CCc3ccccc32)cc1. The monoisotopic (exact) mass is 411 g/mol. The number of rotatable bonds is 5. The Hall–Kier alpha value is -3.86. The van der Waals surface area contributed by atoms with Gasteiger partial charge in [0.05, 0.1) is 0 Å². The van der Waals surface area contributed by atoms with E-state index in [1.807, 2.05) is 73.6 Å². The van der Waals surface area contributed by atoms with Crippen LogP contribution in [0, 0.1) is 0 Å². The van der Waals surface area contributed by atoms with Crippen LogP contribution in [0.1, 0.15) is 21.5 Å². The van der Waals surface area contributed by atoms with Crippen molar-refractivity contribution in [1.82, 2.24) is 5.32 Å². The molecule has 0 fully saturated rings. The van der Waals surface area contributed by atoms with Crippen LogP contribution in [0.5, 0.6) is 0 Å². The Labute approximate surface area is 182 Å². The minimum atomic E-state index is -0.308. The highest BCUT2D eigenvalue weighted by Gasteiger charge is 2.27. The molecule has 5 heteroatoms. The molecule has 0 atom stereocenters. The molecule has 2 amide bonds. The van der Waals surface area contributed by atoms with Crippen LogP contribution in [-0.4, -0.2) is 32.5 Å². The highest BCUT2D eigenvalue weighted by atomic mass is 16.2. The van der Waals surface area contributed by atoms with E-state index in [4.69, 9.17) is 0 Å². The first-order valence-electron chi connectivity index (χ1n) is 10.3. The molecule has 1 aliphatic heterocycles. The van der Waals surface area contributed by atoms with E-state index < -0.39 is 0 Å². The number of carbonyl (C=O) groups is 2. The summed E-state index contributed by atoms with van der Waals surface area (Å²) >= 11 is 0. The van der Waals surface area contributed by atoms with Gasteiger partial charge in [-0.2, -0.15) is 0 Å². The topological polar surface area (TPSA) is 52.7 Å². The number of hydrogen-bond acceptors (Lipinski definition) is 3. The Bertz CT molecular complexity index is 1120. The van der Waals surface area contributed by atoms with Crippen molar-refractivity contribution in [2.24, 2.45) is 0 Å². The summed E-state index contributed by atoms with van der Waals surface area (Å²) in [6.07, 6.45) is 2.54. The maximum atomic E-state index is 13.5. The molecule has 31 heavy (non-hydrogen) atoms. The van der Waals surface area contributed by atoms with Gasteiger partial charge >= 0.3 is 0 Å². The van der Waals surface area contributed by atoms with Crippen LogP contribution in [0.15, 0.2) is 84.6 Å². The smallest absolute Gasteiger partial charge is 0.274 e. The lowest BCUT2D eigenvalue weighted by atomic mass is 10.1. The predicted octanol–water partition coefficient (Wildman–Crippen LogP) is 4.11. The van der Waals surface area contributed by atoms with Crippen LogP contribution >= 0.6 is 0 Å². The fourth-order valence-electron chi connectivity index (χ4n) is 3.67. The Morgan fingerprint density at radius 1 is 0.903 bits per heavy atom. The summed E-state index contributed by atoms with van der Waals surface area (Å²) in [4.78, 5) is 30.1. The van der Waals surface area contributed by atoms with Gasteiger partial charge in [-0.25, -0.2) is 0 Å². The Balaban J connectivity index is 1.67. The standard InChI is InChI=1S/C26H25N3O2/c1-28(2)22-14-12-19(13-15-22)18-23(27-25(30)21-9-4-3-5-10-21)26(31)29-17-16-20-8-6-7-11-24(20)29/h3-15,18H,16-17H2,1-2H3,(H,27,30). The molecule has 3 aromatic rings. The zero-order chi connectivity index (χ0) is 21.8. The average Bonchev–Trinajstić information content (AvgIpc) is 3.23. The molecule has 0 saturated heterocycles. The summed E-state index contributed by atoms with van der Waals surface area (Å²) in [7, 11) is 3.95. The molecule has 0 radical (unpaired) electrons. The maximum Gasteiger partial charge on any atom is 0.274 e. The van der Waals surface area contributed by atoms with Crippen LogP contribution < -0.4 is 15.1 Å². The van der Waals surface area contributed by atoms with Gasteiger partial charge < -0.3 is 15.1 Å². The number of nitrogens with one attached hydrogen (secondary N) is 1. The second-order valence-electron chi connectivity index (χ2n) is 7.70. The third kappa shape index (κ3) is 4.51. The normalized spacial score (nSPS) is 13.0. The number of benzene rings is 3. The highest BCUT2D eigenvalue weighted by molar-refractivity contribution is 6.12. The quantitative estimate of drug-likeness (QED) is 0.643. The second kappa shape index (κ2) is 8.88. The average molecular weight is 412 g/mol. The summed E-state index contributed by atoms with van der Waals surface area (Å²) in [5.41, 5.74) is 4.70. The summed E-state index contributed by atoms with van der Waals surface area (Å²) in [5, 5.41) is 2.85. The molecular formula is C26H25N3O2. The van der Waals surface area contributed by atoms with Crippen molar-refractivity contribution in [2.75, 3.05) is 30.4 Å². The van der Waals surface area contributed by atoms with E-state index in [1.54, 1.807) is 35.2 Å². The Kier molecular flexibility index (Phi) is 5.85. The van der Waals surface area contributed by atoms with E-state index in [-0.39, 0.29) is 17.5 Å². The Morgan fingerprint density at radius 3 is 2.29 bits per heavy atom. The number of carbonyl (C=O) groups excluding carboxylic acids is 2. The van der Waals surface area contributed by atoms with Crippen LogP contribution in [0.4, 0.5) is 11.4 Å². The zero-order valence-corrected chi connectivity index (χ0v) is 17.7. The molecule has 0 spiro atoms. The van der Waals surface area contributed by atoms with Gasteiger partial charge in [0.1, 0.15) is 5.70 Å². The molecule has 0 aromatic heterocycles. The molecule has 0 bridgehead atoms. The maximum absolute atomic E-state index is 13.5. The van der Waals surface area contributed by atoms with Crippen molar-refractivity contribution in [3.8, 4) is 0 Å². The molecule has 0 aliphatic carbocycles. The number of amides is 2. The fourth-order valence-corrected chi connectivity index (χ4v) is 3.67. The van der Waals surface area contributed by atoms with E-state index >= 15 is 0 Å². The first kappa shape index (κ1) is 20.4. The van der Waals surface area contributed by atoms with Gasteiger partial charge in [0.15, 0.2) is 0 Å². The second-order valence-corrected chi connectivity index (χ2v) is 7.70. The summed E-state index contributed by atoms with van der Waals surface area (Å²) < 4.78 is 0. The zero-order valence-electron chi connectivity index (χ0n) is 17.7. The van der Waals surface area contributed by atoms with Crippen molar-refractivity contribution in [3.05, 3.63) is 101 Å². The lowest BCUT2D eigenvalue weighted by Gasteiger charge is -2.20. The molecule has 1 aliphatic rings. The molecule has 1 N–H and O–H groups in total. The van der Waals surface area contributed by atoms with E-state index in [0.29, 0.717) is 12.1 Å². The summed E-state index contributed by atoms with van der Waals surface area (Å²) in [5.74, 6) is -0.525.